The smallest absolute Gasteiger partial charge is 0.274 e. The Morgan fingerprint density at radius 3 is 2.86 bits per heavy atom. The van der Waals surface area contributed by atoms with Crippen molar-refractivity contribution >= 4 is 11.8 Å². The number of ether oxygens (including phenoxy) is 1. The first-order chi connectivity index (χ1) is 17.4. The second-order valence-corrected chi connectivity index (χ2v) is 10.3. The Morgan fingerprint density at radius 2 is 2.06 bits per heavy atom. The molecule has 0 fully saturated rings. The number of nitrogens with zero attached hydrogens (tertiary/aromatic N) is 2. The van der Waals surface area contributed by atoms with Crippen LogP contribution in [0.15, 0.2) is 52.8 Å². The summed E-state index contributed by atoms with van der Waals surface area (Å²) in [7, 11) is 4.02. The second-order valence-electron chi connectivity index (χ2n) is 9.15. The summed E-state index contributed by atoms with van der Waals surface area (Å²) in [5, 5.41) is 20.8. The van der Waals surface area contributed by atoms with Gasteiger partial charge in [0.25, 0.3) is 6.20 Å². The van der Waals surface area contributed by atoms with Gasteiger partial charge in [-0.25, -0.2) is 0 Å². The first kappa shape index (κ1) is 28.0. The van der Waals surface area contributed by atoms with E-state index in [1.165, 1.54) is 11.1 Å². The number of benzene rings is 1. The molecule has 1 aliphatic heterocycles. The predicted octanol–water partition coefficient (Wildman–Crippen LogP) is 3.51. The third kappa shape index (κ3) is 9.50. The third-order valence-corrected chi connectivity index (χ3v) is 6.85. The highest BCUT2D eigenvalue weighted by atomic mass is 32.2. The number of rotatable bonds is 16. The van der Waals surface area contributed by atoms with Crippen LogP contribution in [0.25, 0.3) is 0 Å². The van der Waals surface area contributed by atoms with Gasteiger partial charge in [0.1, 0.15) is 11.5 Å². The molecule has 1 aromatic carbocycles. The monoisotopic (exact) mass is 517 g/mol. The number of furan rings is 1. The summed E-state index contributed by atoms with van der Waals surface area (Å²) in [6.07, 6.45) is 2.82. The molecule has 0 radical (unpaired) electrons. The summed E-state index contributed by atoms with van der Waals surface area (Å²) >= 11 is 1.72. The summed E-state index contributed by atoms with van der Waals surface area (Å²) in [4.78, 5) is 12.6. The van der Waals surface area contributed by atoms with Crippen LogP contribution >= 0.6 is 11.8 Å². The van der Waals surface area contributed by atoms with Crippen molar-refractivity contribution in [1.29, 1.82) is 0 Å². The molecule has 1 aromatic heterocycles. The Hall–Kier alpha value is -2.53. The van der Waals surface area contributed by atoms with Crippen LogP contribution in [0.1, 0.15) is 42.0 Å². The van der Waals surface area contributed by atoms with Crippen LogP contribution in [-0.2, 0) is 23.5 Å². The molecule has 9 nitrogen and oxygen atoms in total. The molecule has 3 rings (SSSR count). The number of hydrogen-bond acceptors (Lipinski definition) is 9. The van der Waals surface area contributed by atoms with E-state index in [0.717, 1.165) is 55.2 Å². The molecular formula is C26H39N5O4S. The minimum absolute atomic E-state index is 0.0449. The van der Waals surface area contributed by atoms with Gasteiger partial charge in [-0.05, 0) is 63.7 Å². The van der Waals surface area contributed by atoms with Gasteiger partial charge in [0, 0.05) is 25.4 Å². The van der Waals surface area contributed by atoms with Crippen molar-refractivity contribution in [2.24, 2.45) is 0 Å². The van der Waals surface area contributed by atoms with Crippen molar-refractivity contribution in [3.8, 4) is 0 Å². The van der Waals surface area contributed by atoms with Crippen molar-refractivity contribution in [3.63, 3.8) is 0 Å². The fourth-order valence-corrected chi connectivity index (χ4v) is 4.95. The van der Waals surface area contributed by atoms with E-state index in [9.17, 15) is 10.1 Å². The van der Waals surface area contributed by atoms with E-state index < -0.39 is 4.92 Å². The fraction of sp³-hybridized carbons (Fsp3) is 0.538. The maximum Gasteiger partial charge on any atom is 0.274 e. The first-order valence-corrected chi connectivity index (χ1v) is 13.6. The molecule has 0 spiro atoms. The van der Waals surface area contributed by atoms with E-state index in [1.807, 2.05) is 26.2 Å². The molecule has 2 atom stereocenters. The van der Waals surface area contributed by atoms with E-state index in [0.29, 0.717) is 25.5 Å². The highest BCUT2D eigenvalue weighted by molar-refractivity contribution is 7.98. The second kappa shape index (κ2) is 14.9. The van der Waals surface area contributed by atoms with E-state index in [4.69, 9.17) is 9.15 Å². The summed E-state index contributed by atoms with van der Waals surface area (Å²) in [5.41, 5.74) is 2.70. The lowest BCUT2D eigenvalue weighted by Crippen LogP contribution is -2.37. The maximum atomic E-state index is 11.0. The highest BCUT2D eigenvalue weighted by Gasteiger charge is 2.24. The minimum Gasteiger partial charge on any atom is -0.464 e. The van der Waals surface area contributed by atoms with Crippen molar-refractivity contribution in [2.45, 2.75) is 44.2 Å². The van der Waals surface area contributed by atoms with Gasteiger partial charge in [-0.1, -0.05) is 24.3 Å². The maximum absolute atomic E-state index is 11.0. The van der Waals surface area contributed by atoms with Gasteiger partial charge in [-0.2, -0.15) is 11.8 Å². The molecule has 3 N–H and O–H groups in total. The minimum atomic E-state index is -0.442. The van der Waals surface area contributed by atoms with E-state index in [1.54, 1.807) is 11.8 Å². The number of hydrogen-bond donors (Lipinski definition) is 3. The Labute approximate surface area is 218 Å². The normalized spacial score (nSPS) is 16.6. The van der Waals surface area contributed by atoms with Crippen LogP contribution in [0, 0.1) is 10.1 Å². The van der Waals surface area contributed by atoms with Crippen molar-refractivity contribution < 1.29 is 14.1 Å². The zero-order chi connectivity index (χ0) is 25.8. The number of nitrogens with one attached hydrogen (secondary N) is 3. The standard InChI is InChI=1S/C26H39N5O4S/c1-20(26-24-8-5-4-7-21(24)11-13-29-26)34-15-6-12-27-25(18-31(32)33)28-14-16-36-19-23-10-9-22(35-23)17-30(2)3/h4-5,7-10,18,20,26-29H,6,11-17,19H2,1-3H3. The number of fused-ring (bicyclic) bond motifs is 1. The molecule has 0 amide bonds. The number of thioether (sulfide) groups is 1. The Bertz CT molecular complexity index is 981. The Balaban J connectivity index is 1.31. The van der Waals surface area contributed by atoms with Crippen LogP contribution in [-0.4, -0.2) is 62.0 Å². The van der Waals surface area contributed by atoms with Crippen LogP contribution in [0.2, 0.25) is 0 Å². The lowest BCUT2D eigenvalue weighted by Gasteiger charge is -2.31. The van der Waals surface area contributed by atoms with Gasteiger partial charge in [0.05, 0.1) is 29.4 Å². The van der Waals surface area contributed by atoms with Crippen LogP contribution in [0.4, 0.5) is 0 Å². The van der Waals surface area contributed by atoms with Gasteiger partial charge in [0.15, 0.2) is 5.82 Å². The van der Waals surface area contributed by atoms with Gasteiger partial charge < -0.3 is 30.0 Å². The molecule has 36 heavy (non-hydrogen) atoms. The lowest BCUT2D eigenvalue weighted by atomic mass is 9.92. The van der Waals surface area contributed by atoms with Crippen LogP contribution in [0.3, 0.4) is 0 Å². The zero-order valence-electron chi connectivity index (χ0n) is 21.5. The molecule has 2 heterocycles. The summed E-state index contributed by atoms with van der Waals surface area (Å²) in [6, 6.07) is 12.7. The van der Waals surface area contributed by atoms with E-state index in [-0.39, 0.29) is 12.1 Å². The molecule has 198 valence electrons. The van der Waals surface area contributed by atoms with Crippen LogP contribution in [0.5, 0.6) is 0 Å². The van der Waals surface area contributed by atoms with Gasteiger partial charge in [-0.15, -0.1) is 0 Å². The summed E-state index contributed by atoms with van der Waals surface area (Å²) < 4.78 is 11.9. The molecule has 2 unspecified atom stereocenters. The van der Waals surface area contributed by atoms with E-state index >= 15 is 0 Å². The van der Waals surface area contributed by atoms with Crippen molar-refractivity contribution in [3.05, 3.63) is 81.2 Å². The summed E-state index contributed by atoms with van der Waals surface area (Å²) in [6.45, 7) is 5.60. The first-order valence-electron chi connectivity index (χ1n) is 12.5. The van der Waals surface area contributed by atoms with Crippen LogP contribution < -0.4 is 16.0 Å². The summed E-state index contributed by atoms with van der Waals surface area (Å²) in [5.74, 6) is 3.89. The van der Waals surface area contributed by atoms with Crippen molar-refractivity contribution in [1.82, 2.24) is 20.9 Å². The molecule has 2 aromatic rings. The molecule has 1 aliphatic rings. The zero-order valence-corrected chi connectivity index (χ0v) is 22.3. The molecule has 0 saturated carbocycles. The third-order valence-electron chi connectivity index (χ3n) is 5.87. The average Bonchev–Trinajstić information content (AvgIpc) is 3.28. The number of nitro groups is 1. The van der Waals surface area contributed by atoms with E-state index in [2.05, 4.69) is 52.0 Å². The van der Waals surface area contributed by atoms with Gasteiger partial charge in [-0.3, -0.25) is 10.1 Å². The SMILES string of the molecule is CC(OCCCNC(=C[N+](=O)[O-])NCCSCc1ccc(CN(C)C)o1)C1NCCc2ccccc21. The van der Waals surface area contributed by atoms with Crippen molar-refractivity contribution in [2.75, 3.05) is 46.1 Å². The molecule has 10 heteroatoms. The molecular weight excluding hydrogens is 478 g/mol. The Kier molecular flexibility index (Phi) is 11.6. The molecule has 0 aliphatic carbocycles. The molecule has 0 bridgehead atoms. The molecule has 0 saturated heterocycles. The van der Waals surface area contributed by atoms with Gasteiger partial charge in [0.2, 0.25) is 0 Å². The quantitative estimate of drug-likeness (QED) is 0.175. The van der Waals surface area contributed by atoms with Gasteiger partial charge >= 0.3 is 0 Å². The largest absolute Gasteiger partial charge is 0.464 e. The average molecular weight is 518 g/mol. The topological polar surface area (TPSA) is 105 Å². The fourth-order valence-electron chi connectivity index (χ4n) is 4.20. The Morgan fingerprint density at radius 1 is 1.28 bits per heavy atom. The predicted molar refractivity (Wildman–Crippen MR) is 144 cm³/mol. The highest BCUT2D eigenvalue weighted by Crippen LogP contribution is 2.26. The lowest BCUT2D eigenvalue weighted by molar-refractivity contribution is -0.404.